The first-order valence-electron chi connectivity index (χ1n) is 10.00. The van der Waals surface area contributed by atoms with Crippen molar-refractivity contribution < 1.29 is 19.1 Å². The maximum absolute atomic E-state index is 14.5. The van der Waals surface area contributed by atoms with Crippen LogP contribution in [-0.2, 0) is 11.3 Å². The Kier molecular flexibility index (Phi) is 4.09. The van der Waals surface area contributed by atoms with Crippen molar-refractivity contribution in [3.63, 3.8) is 0 Å². The first-order chi connectivity index (χ1) is 14.0. The van der Waals surface area contributed by atoms with Gasteiger partial charge in [-0.2, -0.15) is 0 Å². The van der Waals surface area contributed by atoms with E-state index in [4.69, 9.17) is 0 Å². The van der Waals surface area contributed by atoms with E-state index in [0.29, 0.717) is 13.0 Å². The lowest BCUT2D eigenvalue weighted by Crippen LogP contribution is -2.34. The second-order valence-electron chi connectivity index (χ2n) is 8.37. The number of carbonyl (C=O) groups is 2. The molecule has 1 saturated carbocycles. The van der Waals surface area contributed by atoms with Crippen molar-refractivity contribution in [2.75, 3.05) is 0 Å². The topological polar surface area (TPSA) is 57.6 Å². The largest absolute Gasteiger partial charge is 0.478 e. The van der Waals surface area contributed by atoms with E-state index in [2.05, 4.69) is 6.08 Å². The highest BCUT2D eigenvalue weighted by Crippen LogP contribution is 2.68. The average Bonchev–Trinajstić information content (AvgIpc) is 3.43. The van der Waals surface area contributed by atoms with Crippen LogP contribution in [-0.4, -0.2) is 34.1 Å². The minimum absolute atomic E-state index is 0.00907. The van der Waals surface area contributed by atoms with Gasteiger partial charge in [0.2, 0.25) is 5.91 Å². The summed E-state index contributed by atoms with van der Waals surface area (Å²) in [7, 11) is 0. The molecule has 0 radical (unpaired) electrons. The van der Waals surface area contributed by atoms with Gasteiger partial charge >= 0.3 is 5.97 Å². The van der Waals surface area contributed by atoms with Crippen molar-refractivity contribution in [1.29, 1.82) is 0 Å². The second kappa shape index (κ2) is 6.55. The van der Waals surface area contributed by atoms with Crippen molar-refractivity contribution >= 4 is 11.9 Å². The number of amides is 1. The summed E-state index contributed by atoms with van der Waals surface area (Å²) in [6.07, 6.45) is 14.8. The van der Waals surface area contributed by atoms with Gasteiger partial charge in [-0.25, -0.2) is 9.18 Å². The Morgan fingerprint density at radius 3 is 2.69 bits per heavy atom. The number of alkyl halides is 1. The fourth-order valence-electron chi connectivity index (χ4n) is 5.46. The van der Waals surface area contributed by atoms with Gasteiger partial charge in [-0.05, 0) is 30.0 Å². The summed E-state index contributed by atoms with van der Waals surface area (Å²) >= 11 is 0. The molecular formula is C24H22FNO3. The summed E-state index contributed by atoms with van der Waals surface area (Å²) in [5, 5.41) is 9.26. The molecule has 1 spiro atoms. The second-order valence-corrected chi connectivity index (χ2v) is 8.37. The molecule has 5 rings (SSSR count). The summed E-state index contributed by atoms with van der Waals surface area (Å²) in [6, 6.07) is 6.64. The molecule has 148 valence electrons. The average molecular weight is 391 g/mol. The number of nitrogens with zero attached hydrogens (tertiary/aromatic N) is 1. The zero-order valence-electron chi connectivity index (χ0n) is 15.8. The van der Waals surface area contributed by atoms with Gasteiger partial charge in [0.05, 0.1) is 17.0 Å². The molecule has 29 heavy (non-hydrogen) atoms. The van der Waals surface area contributed by atoms with Gasteiger partial charge < -0.3 is 10.0 Å². The van der Waals surface area contributed by atoms with Gasteiger partial charge in [-0.1, -0.05) is 60.7 Å². The van der Waals surface area contributed by atoms with Gasteiger partial charge in [0.15, 0.2) is 0 Å². The molecule has 1 N–H and O–H groups in total. The van der Waals surface area contributed by atoms with E-state index in [0.717, 1.165) is 5.56 Å². The number of aromatic carboxylic acids is 1. The number of carboxylic acids is 1. The molecule has 3 aliphatic carbocycles. The third-order valence-electron chi connectivity index (χ3n) is 6.88. The lowest BCUT2D eigenvalue weighted by atomic mass is 9.79. The number of allylic oxidation sites excluding steroid dienone is 6. The number of hydrogen-bond acceptors (Lipinski definition) is 2. The fourth-order valence-corrected chi connectivity index (χ4v) is 5.46. The van der Waals surface area contributed by atoms with Gasteiger partial charge in [0, 0.05) is 18.4 Å². The number of benzene rings is 1. The van der Waals surface area contributed by atoms with Crippen LogP contribution in [0.5, 0.6) is 0 Å². The van der Waals surface area contributed by atoms with Gasteiger partial charge in [-0.3, -0.25) is 4.79 Å². The van der Waals surface area contributed by atoms with Crippen LogP contribution >= 0.6 is 0 Å². The number of hydrogen-bond donors (Lipinski definition) is 1. The monoisotopic (exact) mass is 391 g/mol. The molecule has 1 heterocycles. The molecule has 4 unspecified atom stereocenters. The quantitative estimate of drug-likeness (QED) is 0.846. The number of fused-ring (bicyclic) bond motifs is 2. The normalized spacial score (nSPS) is 36.7. The summed E-state index contributed by atoms with van der Waals surface area (Å²) < 4.78 is 14.5. The van der Waals surface area contributed by atoms with Crippen molar-refractivity contribution in [2.45, 2.75) is 25.2 Å². The minimum Gasteiger partial charge on any atom is -0.478 e. The molecule has 1 saturated heterocycles. The van der Waals surface area contributed by atoms with E-state index < -0.39 is 17.6 Å². The Labute approximate surface area is 168 Å². The van der Waals surface area contributed by atoms with Crippen LogP contribution in [0.2, 0.25) is 0 Å². The zero-order chi connectivity index (χ0) is 20.2. The van der Waals surface area contributed by atoms with Crippen molar-refractivity contribution in [2.24, 2.45) is 23.2 Å². The van der Waals surface area contributed by atoms with E-state index in [1.807, 2.05) is 41.3 Å². The first-order valence-corrected chi connectivity index (χ1v) is 10.00. The molecule has 0 bridgehead atoms. The Morgan fingerprint density at radius 2 is 1.90 bits per heavy atom. The molecule has 5 heteroatoms. The smallest absolute Gasteiger partial charge is 0.335 e. The van der Waals surface area contributed by atoms with Crippen molar-refractivity contribution in [3.05, 3.63) is 84.0 Å². The van der Waals surface area contributed by atoms with E-state index in [9.17, 15) is 19.1 Å². The Hall–Kier alpha value is -2.95. The van der Waals surface area contributed by atoms with E-state index >= 15 is 0 Å². The predicted molar refractivity (Wildman–Crippen MR) is 107 cm³/mol. The molecular weight excluding hydrogens is 369 g/mol. The van der Waals surface area contributed by atoms with Crippen LogP contribution in [0.4, 0.5) is 4.39 Å². The lowest BCUT2D eigenvalue weighted by molar-refractivity contribution is -0.134. The van der Waals surface area contributed by atoms with Crippen LogP contribution < -0.4 is 0 Å². The SMILES string of the molecule is O=C(O)c1cccc(CN2C(=O)[C@@]3(C[C@H]3C3C=CC=CC3F)C3C=CC=CC32)c1. The third-order valence-corrected chi connectivity index (χ3v) is 6.88. The lowest BCUT2D eigenvalue weighted by Gasteiger charge is -2.26. The number of likely N-dealkylation sites (tertiary alicyclic amines) is 1. The van der Waals surface area contributed by atoms with Crippen LogP contribution in [0.3, 0.4) is 0 Å². The Morgan fingerprint density at radius 1 is 1.14 bits per heavy atom. The van der Waals surface area contributed by atoms with Gasteiger partial charge in [0.1, 0.15) is 6.17 Å². The Bertz CT molecular complexity index is 994. The zero-order valence-corrected chi connectivity index (χ0v) is 15.8. The molecule has 6 atom stereocenters. The first kappa shape index (κ1) is 18.1. The van der Waals surface area contributed by atoms with Crippen molar-refractivity contribution in [1.82, 2.24) is 4.90 Å². The standard InChI is InChI=1S/C24H22FNO3/c25-20-10-3-1-8-17(20)19-13-24(19)18-9-2-4-11-21(18)26(23(24)29)14-15-6-5-7-16(12-15)22(27)28/h1-12,17-21H,13-14H2,(H,27,28)/t17?,18?,19-,20?,21?,24-/m0/s1. The number of carboxylic acid groups (broad SMARTS) is 1. The molecule has 4 nitrogen and oxygen atoms in total. The molecule has 1 aromatic carbocycles. The van der Waals surface area contributed by atoms with Gasteiger partial charge in [-0.15, -0.1) is 0 Å². The Balaban J connectivity index is 1.45. The maximum atomic E-state index is 14.5. The summed E-state index contributed by atoms with van der Waals surface area (Å²) in [5.74, 6) is -1.17. The fraction of sp³-hybridized carbons (Fsp3) is 0.333. The van der Waals surface area contributed by atoms with Gasteiger partial charge in [0.25, 0.3) is 0 Å². The van der Waals surface area contributed by atoms with Crippen LogP contribution in [0, 0.1) is 23.2 Å². The number of halogens is 1. The van der Waals surface area contributed by atoms with Crippen LogP contribution in [0.25, 0.3) is 0 Å². The maximum Gasteiger partial charge on any atom is 0.335 e. The third kappa shape index (κ3) is 2.71. The van der Waals surface area contributed by atoms with E-state index in [1.165, 1.54) is 0 Å². The summed E-state index contributed by atoms with van der Waals surface area (Å²) in [6.45, 7) is 0.354. The molecule has 0 aromatic heterocycles. The summed E-state index contributed by atoms with van der Waals surface area (Å²) in [5.41, 5.74) is 0.446. The predicted octanol–water partition coefficient (Wildman–Crippen LogP) is 3.92. The highest BCUT2D eigenvalue weighted by Gasteiger charge is 2.72. The molecule has 1 amide bonds. The van der Waals surface area contributed by atoms with Crippen LogP contribution in [0.1, 0.15) is 22.3 Å². The van der Waals surface area contributed by atoms with E-state index in [-0.39, 0.29) is 35.3 Å². The number of rotatable bonds is 4. The summed E-state index contributed by atoms with van der Waals surface area (Å²) in [4.78, 5) is 26.8. The molecule has 1 aliphatic heterocycles. The molecule has 1 aromatic rings. The number of carbonyl (C=O) groups excluding carboxylic acids is 1. The minimum atomic E-state index is -1.06. The van der Waals surface area contributed by atoms with Crippen molar-refractivity contribution in [3.8, 4) is 0 Å². The molecule has 4 aliphatic rings. The molecule has 2 fully saturated rings. The van der Waals surface area contributed by atoms with Crippen LogP contribution in [0.15, 0.2) is 72.9 Å². The highest BCUT2D eigenvalue weighted by molar-refractivity contribution is 5.91. The highest BCUT2D eigenvalue weighted by atomic mass is 19.1. The van der Waals surface area contributed by atoms with E-state index in [1.54, 1.807) is 30.4 Å².